The number of halogens is 3. The molecule has 1 fully saturated rings. The lowest BCUT2D eigenvalue weighted by molar-refractivity contribution is -0.136. The summed E-state index contributed by atoms with van der Waals surface area (Å²) in [5, 5.41) is 3.51. The monoisotopic (exact) mass is 390 g/mol. The number of rotatable bonds is 2. The number of hydrogen-bond acceptors (Lipinski definition) is 5. The van der Waals surface area contributed by atoms with E-state index in [1.54, 1.807) is 23.2 Å². The summed E-state index contributed by atoms with van der Waals surface area (Å²) in [5.74, 6) is -0.504. The van der Waals surface area contributed by atoms with E-state index in [1.165, 1.54) is 13.1 Å². The number of aromatic nitrogens is 3. The minimum absolute atomic E-state index is 0.115. The van der Waals surface area contributed by atoms with Crippen molar-refractivity contribution in [3.8, 4) is 0 Å². The molecule has 0 bridgehead atoms. The number of carbonyl (C=O) groups is 1. The molecule has 3 aromatic heterocycles. The fraction of sp³-hybridized carbons (Fsp3) is 0.368. The molecule has 1 aliphatic heterocycles. The smallest absolute Gasteiger partial charge is 0.338 e. The number of likely N-dealkylation sites (tertiary alicyclic amines) is 1. The standard InChI is InChI=1S/C19H17F3N4O2/c1-11-16-14(19(20,21)22)8-15(24-17(16)28-25-11)13-5-3-7-26(10-13)18(27)12-4-2-6-23-9-12/h2,4,6,8-9,13H,3,5,7,10H2,1H3/t13-/m1/s1. The molecular weight excluding hydrogens is 373 g/mol. The molecule has 28 heavy (non-hydrogen) atoms. The van der Waals surface area contributed by atoms with E-state index in [0.29, 0.717) is 24.9 Å². The van der Waals surface area contributed by atoms with Crippen LogP contribution in [0.15, 0.2) is 35.1 Å². The Balaban J connectivity index is 1.67. The second-order valence-corrected chi connectivity index (χ2v) is 6.87. The molecule has 4 rings (SSSR count). The van der Waals surface area contributed by atoms with Crippen LogP contribution in [-0.2, 0) is 6.18 Å². The van der Waals surface area contributed by atoms with Crippen molar-refractivity contribution in [1.29, 1.82) is 0 Å². The van der Waals surface area contributed by atoms with Crippen LogP contribution in [0.4, 0.5) is 13.2 Å². The van der Waals surface area contributed by atoms with Gasteiger partial charge in [-0.1, -0.05) is 5.16 Å². The van der Waals surface area contributed by atoms with Crippen LogP contribution in [-0.4, -0.2) is 39.0 Å². The number of aryl methyl sites for hydroxylation is 1. The van der Waals surface area contributed by atoms with Crippen LogP contribution in [0, 0.1) is 6.92 Å². The third kappa shape index (κ3) is 3.32. The van der Waals surface area contributed by atoms with Crippen molar-refractivity contribution in [2.24, 2.45) is 0 Å². The molecule has 0 radical (unpaired) electrons. The molecule has 0 aliphatic carbocycles. The zero-order valence-electron chi connectivity index (χ0n) is 15.0. The Morgan fingerprint density at radius 1 is 1.36 bits per heavy atom. The van der Waals surface area contributed by atoms with E-state index in [9.17, 15) is 18.0 Å². The van der Waals surface area contributed by atoms with Gasteiger partial charge in [-0.15, -0.1) is 0 Å². The first-order valence-corrected chi connectivity index (χ1v) is 8.88. The van der Waals surface area contributed by atoms with Gasteiger partial charge in [-0.2, -0.15) is 13.2 Å². The van der Waals surface area contributed by atoms with Crippen LogP contribution >= 0.6 is 0 Å². The van der Waals surface area contributed by atoms with Crippen molar-refractivity contribution in [3.63, 3.8) is 0 Å². The van der Waals surface area contributed by atoms with Crippen molar-refractivity contribution in [3.05, 3.63) is 53.1 Å². The Morgan fingerprint density at radius 2 is 2.18 bits per heavy atom. The van der Waals surface area contributed by atoms with Crippen LogP contribution in [0.3, 0.4) is 0 Å². The minimum atomic E-state index is -4.55. The molecule has 9 heteroatoms. The Morgan fingerprint density at radius 3 is 2.89 bits per heavy atom. The number of amides is 1. The topological polar surface area (TPSA) is 72.1 Å². The van der Waals surface area contributed by atoms with Gasteiger partial charge in [0.2, 0.25) is 0 Å². The highest BCUT2D eigenvalue weighted by molar-refractivity contribution is 5.94. The van der Waals surface area contributed by atoms with E-state index in [4.69, 9.17) is 4.52 Å². The van der Waals surface area contributed by atoms with Crippen molar-refractivity contribution < 1.29 is 22.5 Å². The Bertz CT molecular complexity index is 1020. The third-order valence-corrected chi connectivity index (χ3v) is 4.98. The van der Waals surface area contributed by atoms with Crippen molar-refractivity contribution in [2.75, 3.05) is 13.1 Å². The van der Waals surface area contributed by atoms with Gasteiger partial charge in [-0.05, 0) is 38.0 Å². The van der Waals surface area contributed by atoms with Crippen LogP contribution in [0.5, 0.6) is 0 Å². The SMILES string of the molecule is Cc1noc2nc([C@@H]3CCCN(C(=O)c4cccnc4)C3)cc(C(F)(F)F)c12. The maximum absolute atomic E-state index is 13.6. The molecular formula is C19H17F3N4O2. The van der Waals surface area contributed by atoms with Gasteiger partial charge in [0.25, 0.3) is 11.6 Å². The first kappa shape index (κ1) is 18.4. The number of hydrogen-bond donors (Lipinski definition) is 0. The molecule has 0 unspecified atom stereocenters. The molecule has 1 amide bonds. The lowest BCUT2D eigenvalue weighted by atomic mass is 9.92. The number of carbonyl (C=O) groups excluding carboxylic acids is 1. The normalized spacial score (nSPS) is 17.9. The molecule has 0 saturated carbocycles. The van der Waals surface area contributed by atoms with E-state index in [0.717, 1.165) is 6.07 Å². The molecule has 4 heterocycles. The van der Waals surface area contributed by atoms with Gasteiger partial charge in [-0.25, -0.2) is 4.98 Å². The Hall–Kier alpha value is -2.97. The molecule has 0 aromatic carbocycles. The molecule has 146 valence electrons. The summed E-state index contributed by atoms with van der Waals surface area (Å²) in [4.78, 5) is 22.5. The predicted molar refractivity (Wildman–Crippen MR) is 93.7 cm³/mol. The average molecular weight is 390 g/mol. The average Bonchev–Trinajstić information content (AvgIpc) is 3.07. The van der Waals surface area contributed by atoms with Crippen molar-refractivity contribution in [1.82, 2.24) is 20.0 Å². The quantitative estimate of drug-likeness (QED) is 0.662. The maximum atomic E-state index is 13.6. The van der Waals surface area contributed by atoms with Crippen LogP contribution in [0.1, 0.15) is 46.1 Å². The van der Waals surface area contributed by atoms with Gasteiger partial charge in [0, 0.05) is 31.4 Å². The lowest BCUT2D eigenvalue weighted by Gasteiger charge is -2.32. The largest absolute Gasteiger partial charge is 0.417 e. The summed E-state index contributed by atoms with van der Waals surface area (Å²) in [6, 6.07) is 4.41. The number of pyridine rings is 2. The van der Waals surface area contributed by atoms with E-state index < -0.39 is 11.7 Å². The predicted octanol–water partition coefficient (Wildman–Crippen LogP) is 3.96. The number of fused-ring (bicyclic) bond motifs is 1. The maximum Gasteiger partial charge on any atom is 0.417 e. The van der Waals surface area contributed by atoms with Gasteiger partial charge in [0.1, 0.15) is 0 Å². The highest BCUT2D eigenvalue weighted by Gasteiger charge is 2.37. The van der Waals surface area contributed by atoms with Crippen LogP contribution in [0.2, 0.25) is 0 Å². The third-order valence-electron chi connectivity index (χ3n) is 4.98. The van der Waals surface area contributed by atoms with Gasteiger partial charge in [-0.3, -0.25) is 9.78 Å². The summed E-state index contributed by atoms with van der Waals surface area (Å²) in [6.07, 6.45) is -0.179. The molecule has 1 aliphatic rings. The second-order valence-electron chi connectivity index (χ2n) is 6.87. The van der Waals surface area contributed by atoms with Crippen LogP contribution in [0.25, 0.3) is 11.1 Å². The van der Waals surface area contributed by atoms with Gasteiger partial charge in [0.15, 0.2) is 0 Å². The molecule has 6 nitrogen and oxygen atoms in total. The van der Waals surface area contributed by atoms with E-state index in [2.05, 4.69) is 15.1 Å². The van der Waals surface area contributed by atoms with Crippen LogP contribution < -0.4 is 0 Å². The zero-order chi connectivity index (χ0) is 19.9. The number of piperidine rings is 1. The molecule has 1 saturated heterocycles. The van der Waals surface area contributed by atoms with Crippen molar-refractivity contribution >= 4 is 17.0 Å². The number of alkyl halides is 3. The Labute approximate surface area is 158 Å². The molecule has 0 N–H and O–H groups in total. The summed E-state index contributed by atoms with van der Waals surface area (Å²) in [6.45, 7) is 2.29. The summed E-state index contributed by atoms with van der Waals surface area (Å²) in [7, 11) is 0. The Kier molecular flexibility index (Phi) is 4.52. The first-order chi connectivity index (χ1) is 13.3. The zero-order valence-corrected chi connectivity index (χ0v) is 15.0. The lowest BCUT2D eigenvalue weighted by Crippen LogP contribution is -2.39. The van der Waals surface area contributed by atoms with Gasteiger partial charge >= 0.3 is 6.18 Å². The van der Waals surface area contributed by atoms with Crippen molar-refractivity contribution in [2.45, 2.75) is 31.9 Å². The highest BCUT2D eigenvalue weighted by Crippen LogP contribution is 2.38. The number of nitrogens with zero attached hydrogens (tertiary/aromatic N) is 4. The molecule has 0 spiro atoms. The van der Waals surface area contributed by atoms with E-state index in [-0.39, 0.29) is 40.9 Å². The fourth-order valence-electron chi connectivity index (χ4n) is 3.62. The highest BCUT2D eigenvalue weighted by atomic mass is 19.4. The second kappa shape index (κ2) is 6.88. The summed E-state index contributed by atoms with van der Waals surface area (Å²) in [5.41, 5.74) is -0.0635. The van der Waals surface area contributed by atoms with Gasteiger partial charge < -0.3 is 9.42 Å². The fourth-order valence-corrected chi connectivity index (χ4v) is 3.62. The molecule has 1 atom stereocenters. The van der Waals surface area contributed by atoms with Gasteiger partial charge in [0.05, 0.1) is 27.9 Å². The first-order valence-electron chi connectivity index (χ1n) is 8.88. The van der Waals surface area contributed by atoms with E-state index in [1.807, 2.05) is 0 Å². The van der Waals surface area contributed by atoms with E-state index >= 15 is 0 Å². The summed E-state index contributed by atoms with van der Waals surface area (Å²) < 4.78 is 45.8. The molecule has 3 aromatic rings. The minimum Gasteiger partial charge on any atom is -0.338 e. The summed E-state index contributed by atoms with van der Waals surface area (Å²) >= 11 is 0.